The van der Waals surface area contributed by atoms with Gasteiger partial charge in [0.15, 0.2) is 11.7 Å². The lowest BCUT2D eigenvalue weighted by Gasteiger charge is -2.17. The summed E-state index contributed by atoms with van der Waals surface area (Å²) in [5, 5.41) is 12.5. The largest absolute Gasteiger partial charge is 0.480 e. The van der Waals surface area contributed by atoms with Crippen LogP contribution in [-0.4, -0.2) is 28.0 Å². The maximum atomic E-state index is 11.9. The van der Waals surface area contributed by atoms with E-state index in [0.717, 1.165) is 0 Å². The zero-order valence-corrected chi connectivity index (χ0v) is 15.3. The number of hydrogen-bond donors (Lipinski definition) is 2. The van der Waals surface area contributed by atoms with Crippen LogP contribution in [0.3, 0.4) is 0 Å². The summed E-state index contributed by atoms with van der Waals surface area (Å²) in [5.41, 5.74) is 0.653. The molecule has 0 saturated carbocycles. The van der Waals surface area contributed by atoms with Crippen LogP contribution >= 0.6 is 23.2 Å². The van der Waals surface area contributed by atoms with Crippen LogP contribution in [0.1, 0.15) is 26.2 Å². The molecule has 1 aromatic heterocycles. The van der Waals surface area contributed by atoms with E-state index < -0.39 is 12.0 Å². The summed E-state index contributed by atoms with van der Waals surface area (Å²) in [7, 11) is 0. The number of nitrogens with one attached hydrogen (secondary N) is 1. The molecule has 25 heavy (non-hydrogen) atoms. The first-order valence-corrected chi connectivity index (χ1v) is 8.46. The number of carbonyl (C=O) groups excluding carboxylic acids is 1. The van der Waals surface area contributed by atoms with Crippen molar-refractivity contribution in [2.45, 2.75) is 32.7 Å². The Morgan fingerprint density at radius 2 is 2.04 bits per heavy atom. The van der Waals surface area contributed by atoms with Crippen LogP contribution in [-0.2, 0) is 16.0 Å². The molecule has 2 aromatic rings. The molecule has 0 saturated heterocycles. The van der Waals surface area contributed by atoms with Gasteiger partial charge in [0, 0.05) is 23.4 Å². The highest BCUT2D eigenvalue weighted by molar-refractivity contribution is 6.36. The molecule has 0 aliphatic heterocycles. The molecular weight excluding hydrogens is 367 g/mol. The highest BCUT2D eigenvalue weighted by Gasteiger charge is 2.23. The van der Waals surface area contributed by atoms with Crippen molar-refractivity contribution in [3.8, 4) is 11.3 Å². The fourth-order valence-electron chi connectivity index (χ4n) is 2.22. The average molecular weight is 385 g/mol. The lowest BCUT2D eigenvalue weighted by Crippen LogP contribution is -2.44. The molecule has 0 unspecified atom stereocenters. The van der Waals surface area contributed by atoms with Crippen molar-refractivity contribution in [1.29, 1.82) is 0 Å². The number of benzene rings is 1. The molecule has 0 spiro atoms. The third-order valence-electron chi connectivity index (χ3n) is 3.57. The van der Waals surface area contributed by atoms with Gasteiger partial charge >= 0.3 is 5.97 Å². The molecule has 0 fully saturated rings. The summed E-state index contributed by atoms with van der Waals surface area (Å²) >= 11 is 12.0. The van der Waals surface area contributed by atoms with Gasteiger partial charge in [-0.05, 0) is 24.1 Å². The van der Waals surface area contributed by atoms with E-state index in [2.05, 4.69) is 10.3 Å². The monoisotopic (exact) mass is 384 g/mol. The summed E-state index contributed by atoms with van der Waals surface area (Å²) in [5.74, 6) is -0.790. The van der Waals surface area contributed by atoms with Gasteiger partial charge in [-0.3, -0.25) is 4.79 Å². The number of carboxylic acid groups (broad SMARTS) is 1. The predicted octanol–water partition coefficient (Wildman–Crippen LogP) is 3.81. The molecule has 8 heteroatoms. The van der Waals surface area contributed by atoms with Crippen LogP contribution < -0.4 is 5.32 Å². The Morgan fingerprint density at radius 1 is 1.32 bits per heavy atom. The van der Waals surface area contributed by atoms with E-state index in [-0.39, 0.29) is 24.7 Å². The normalized spacial score (nSPS) is 12.2. The second kappa shape index (κ2) is 8.36. The zero-order chi connectivity index (χ0) is 18.6. The summed E-state index contributed by atoms with van der Waals surface area (Å²) in [6.07, 6.45) is 1.85. The van der Waals surface area contributed by atoms with Crippen LogP contribution in [0.4, 0.5) is 0 Å². The minimum atomic E-state index is -1.06. The minimum absolute atomic E-state index is 0.0742. The van der Waals surface area contributed by atoms with Gasteiger partial charge in [0.05, 0.1) is 11.2 Å². The summed E-state index contributed by atoms with van der Waals surface area (Å²) in [6, 6.07) is 4.10. The molecule has 0 bridgehead atoms. The van der Waals surface area contributed by atoms with Gasteiger partial charge < -0.3 is 14.8 Å². The van der Waals surface area contributed by atoms with Crippen LogP contribution in [0.2, 0.25) is 10.0 Å². The second-order valence-electron chi connectivity index (χ2n) is 5.87. The molecule has 1 aromatic carbocycles. The molecule has 2 N–H and O–H groups in total. The Hall–Kier alpha value is -2.05. The molecule has 1 amide bonds. The van der Waals surface area contributed by atoms with E-state index in [4.69, 9.17) is 32.7 Å². The van der Waals surface area contributed by atoms with E-state index in [9.17, 15) is 9.59 Å². The SMILES string of the molecule is CC(C)[C@@H](NC(=O)CCc1ncc(-c2ccc(Cl)cc2Cl)o1)C(=O)O. The molecule has 1 heterocycles. The zero-order valence-electron chi connectivity index (χ0n) is 13.8. The summed E-state index contributed by atoms with van der Waals surface area (Å²) in [6.45, 7) is 3.46. The number of nitrogens with zero attached hydrogens (tertiary/aromatic N) is 1. The van der Waals surface area contributed by atoms with Crippen molar-refractivity contribution in [3.63, 3.8) is 0 Å². The molecule has 6 nitrogen and oxygen atoms in total. The van der Waals surface area contributed by atoms with E-state index in [0.29, 0.717) is 27.3 Å². The first-order valence-electron chi connectivity index (χ1n) is 7.70. The topological polar surface area (TPSA) is 92.4 Å². The van der Waals surface area contributed by atoms with Crippen LogP contribution in [0.25, 0.3) is 11.3 Å². The number of halogens is 2. The van der Waals surface area contributed by atoms with Gasteiger partial charge in [0.25, 0.3) is 0 Å². The minimum Gasteiger partial charge on any atom is -0.480 e. The third-order valence-corrected chi connectivity index (χ3v) is 4.11. The lowest BCUT2D eigenvalue weighted by molar-refractivity contribution is -0.143. The van der Waals surface area contributed by atoms with Crippen molar-refractivity contribution in [2.75, 3.05) is 0 Å². The maximum absolute atomic E-state index is 11.9. The van der Waals surface area contributed by atoms with Crippen molar-refractivity contribution in [2.24, 2.45) is 5.92 Å². The number of rotatable bonds is 7. The molecule has 2 rings (SSSR count). The van der Waals surface area contributed by atoms with E-state index in [1.54, 1.807) is 32.0 Å². The number of amides is 1. The molecule has 134 valence electrons. The predicted molar refractivity (Wildman–Crippen MR) is 94.7 cm³/mol. The Bertz CT molecular complexity index is 774. The first kappa shape index (κ1) is 19.3. The molecule has 0 aliphatic rings. The highest BCUT2D eigenvalue weighted by Crippen LogP contribution is 2.30. The number of aromatic nitrogens is 1. The van der Waals surface area contributed by atoms with E-state index in [1.807, 2.05) is 0 Å². The van der Waals surface area contributed by atoms with E-state index in [1.165, 1.54) is 6.20 Å². The molecule has 0 aliphatic carbocycles. The van der Waals surface area contributed by atoms with Crippen molar-refractivity contribution in [3.05, 3.63) is 40.3 Å². The number of aryl methyl sites for hydroxylation is 1. The van der Waals surface area contributed by atoms with Crippen LogP contribution in [0.5, 0.6) is 0 Å². The van der Waals surface area contributed by atoms with Gasteiger partial charge in [-0.15, -0.1) is 0 Å². The van der Waals surface area contributed by atoms with E-state index >= 15 is 0 Å². The quantitative estimate of drug-likeness (QED) is 0.756. The Balaban J connectivity index is 1.97. The van der Waals surface area contributed by atoms with Gasteiger partial charge in [0.1, 0.15) is 6.04 Å². The lowest BCUT2D eigenvalue weighted by atomic mass is 10.0. The standard InChI is InChI=1S/C17H18Cl2N2O4/c1-9(2)16(17(23)24)21-14(22)5-6-15-20-8-13(25-15)11-4-3-10(18)7-12(11)19/h3-4,7-9,16H,5-6H2,1-2H3,(H,21,22)(H,23,24)/t16-/m1/s1. The number of aliphatic carboxylic acids is 1. The fourth-order valence-corrected chi connectivity index (χ4v) is 2.72. The number of hydrogen-bond acceptors (Lipinski definition) is 4. The second-order valence-corrected chi connectivity index (χ2v) is 6.71. The first-order chi connectivity index (χ1) is 11.8. The highest BCUT2D eigenvalue weighted by atomic mass is 35.5. The summed E-state index contributed by atoms with van der Waals surface area (Å²) < 4.78 is 5.61. The average Bonchev–Trinajstić information content (AvgIpc) is 2.98. The smallest absolute Gasteiger partial charge is 0.326 e. The van der Waals surface area contributed by atoms with Crippen LogP contribution in [0, 0.1) is 5.92 Å². The third kappa shape index (κ3) is 5.21. The Labute approximate surface area is 155 Å². The van der Waals surface area contributed by atoms with Crippen LogP contribution in [0.15, 0.2) is 28.8 Å². The maximum Gasteiger partial charge on any atom is 0.326 e. The molecular formula is C17H18Cl2N2O4. The fraction of sp³-hybridized carbons (Fsp3) is 0.353. The van der Waals surface area contributed by atoms with Gasteiger partial charge in [-0.2, -0.15) is 0 Å². The Morgan fingerprint density at radius 3 is 2.64 bits per heavy atom. The van der Waals surface area contributed by atoms with Crippen molar-refractivity contribution < 1.29 is 19.1 Å². The van der Waals surface area contributed by atoms with Gasteiger partial charge in [-0.25, -0.2) is 9.78 Å². The van der Waals surface area contributed by atoms with Gasteiger partial charge in [-0.1, -0.05) is 37.0 Å². The van der Waals surface area contributed by atoms with Gasteiger partial charge in [0.2, 0.25) is 5.91 Å². The number of carboxylic acids is 1. The van der Waals surface area contributed by atoms with Crippen molar-refractivity contribution in [1.82, 2.24) is 10.3 Å². The molecule has 0 radical (unpaired) electrons. The number of carbonyl (C=O) groups is 2. The Kier molecular flexibility index (Phi) is 6.45. The summed E-state index contributed by atoms with van der Waals surface area (Å²) in [4.78, 5) is 27.1. The molecule has 1 atom stereocenters. The number of oxazole rings is 1. The van der Waals surface area contributed by atoms with Crippen molar-refractivity contribution >= 4 is 35.1 Å².